The number of para-hydroxylation sites is 3. The number of amidine groups is 2. The predicted octanol–water partition coefficient (Wildman–Crippen LogP) is 11.5. The van der Waals surface area contributed by atoms with E-state index in [0.717, 1.165) is 99.5 Å². The van der Waals surface area contributed by atoms with Crippen LogP contribution in [0.2, 0.25) is 0 Å². The van der Waals surface area contributed by atoms with Crippen molar-refractivity contribution in [1.29, 1.82) is 0 Å². The van der Waals surface area contributed by atoms with Crippen molar-refractivity contribution in [3.05, 3.63) is 168 Å². The van der Waals surface area contributed by atoms with E-state index in [1.807, 2.05) is 72.8 Å². The Kier molecular flexibility index (Phi) is 5.92. The molecule has 6 heteroatoms. The van der Waals surface area contributed by atoms with E-state index in [4.69, 9.17) is 23.2 Å². The second-order valence-electron chi connectivity index (χ2n) is 13.0. The lowest BCUT2D eigenvalue weighted by Crippen LogP contribution is -2.33. The SMILES string of the molecule is c1ccc(C2=NC(c3cccc4c3oc3cc(-c5ccc6oc7ccccc7c6c5)ccc34)=NC(c3ccc4oc5ccccc5c4c3)N2)cc1. The number of hydrogen-bond donors (Lipinski definition) is 1. The fourth-order valence-electron chi connectivity index (χ4n) is 7.46. The summed E-state index contributed by atoms with van der Waals surface area (Å²) in [6.07, 6.45) is -0.383. The van der Waals surface area contributed by atoms with Crippen LogP contribution in [0, 0.1) is 0 Å². The molecule has 0 aliphatic carbocycles. The summed E-state index contributed by atoms with van der Waals surface area (Å²) < 4.78 is 18.9. The molecule has 10 aromatic rings. The van der Waals surface area contributed by atoms with E-state index in [0.29, 0.717) is 5.84 Å². The summed E-state index contributed by atoms with van der Waals surface area (Å²) in [5, 5.41) is 10.0. The van der Waals surface area contributed by atoms with Gasteiger partial charge in [0.1, 0.15) is 45.5 Å². The zero-order valence-corrected chi connectivity index (χ0v) is 27.1. The van der Waals surface area contributed by atoms with Gasteiger partial charge in [-0.2, -0.15) is 0 Å². The lowest BCUT2D eigenvalue weighted by molar-refractivity contribution is 0.661. The first kappa shape index (κ1) is 28.0. The van der Waals surface area contributed by atoms with E-state index in [9.17, 15) is 0 Å². The molecule has 0 saturated heterocycles. The topological polar surface area (TPSA) is 76.2 Å². The van der Waals surface area contributed by atoms with Crippen molar-refractivity contribution in [3.8, 4) is 11.1 Å². The molecule has 51 heavy (non-hydrogen) atoms. The average Bonchev–Trinajstić information content (AvgIpc) is 3.88. The highest BCUT2D eigenvalue weighted by Crippen LogP contribution is 2.38. The number of fused-ring (bicyclic) bond motifs is 9. The average molecular weight is 658 g/mol. The summed E-state index contributed by atoms with van der Waals surface area (Å²) in [5.41, 5.74) is 10.1. The molecule has 1 atom stereocenters. The van der Waals surface area contributed by atoms with Crippen LogP contribution in [0.1, 0.15) is 22.9 Å². The van der Waals surface area contributed by atoms with E-state index < -0.39 is 0 Å². The van der Waals surface area contributed by atoms with Crippen molar-refractivity contribution in [1.82, 2.24) is 5.32 Å². The third kappa shape index (κ3) is 4.43. The fourth-order valence-corrected chi connectivity index (χ4v) is 7.46. The molecule has 0 radical (unpaired) electrons. The zero-order chi connectivity index (χ0) is 33.5. The zero-order valence-electron chi connectivity index (χ0n) is 27.1. The van der Waals surface area contributed by atoms with Crippen molar-refractivity contribution in [3.63, 3.8) is 0 Å². The second kappa shape index (κ2) is 10.8. The molecular weight excluding hydrogens is 631 g/mol. The van der Waals surface area contributed by atoms with Crippen LogP contribution in [0.3, 0.4) is 0 Å². The highest BCUT2D eigenvalue weighted by Gasteiger charge is 2.24. The molecule has 0 bridgehead atoms. The molecule has 7 aromatic carbocycles. The minimum Gasteiger partial charge on any atom is -0.456 e. The summed E-state index contributed by atoms with van der Waals surface area (Å²) in [6, 6.07) is 51.7. The molecule has 3 aromatic heterocycles. The van der Waals surface area contributed by atoms with E-state index in [1.54, 1.807) is 0 Å². The molecule has 0 amide bonds. The Morgan fingerprint density at radius 1 is 0.431 bits per heavy atom. The van der Waals surface area contributed by atoms with Crippen LogP contribution < -0.4 is 5.32 Å². The summed E-state index contributed by atoms with van der Waals surface area (Å²) in [7, 11) is 0. The number of rotatable bonds is 4. The fraction of sp³-hybridized carbons (Fsp3) is 0.0222. The number of hydrogen-bond acceptors (Lipinski definition) is 6. The summed E-state index contributed by atoms with van der Waals surface area (Å²) in [4.78, 5) is 10.3. The maximum Gasteiger partial charge on any atom is 0.163 e. The molecule has 6 nitrogen and oxygen atoms in total. The van der Waals surface area contributed by atoms with Crippen LogP contribution in [0.25, 0.3) is 76.9 Å². The van der Waals surface area contributed by atoms with Crippen molar-refractivity contribution in [2.75, 3.05) is 0 Å². The van der Waals surface area contributed by atoms with E-state index in [1.165, 1.54) is 0 Å². The molecule has 0 spiro atoms. The molecule has 4 heterocycles. The summed E-state index contributed by atoms with van der Waals surface area (Å²) in [6.45, 7) is 0. The Morgan fingerprint density at radius 2 is 1.06 bits per heavy atom. The Morgan fingerprint density at radius 3 is 1.86 bits per heavy atom. The van der Waals surface area contributed by atoms with Gasteiger partial charge >= 0.3 is 0 Å². The molecule has 1 unspecified atom stereocenters. The van der Waals surface area contributed by atoms with Crippen LogP contribution in [0.4, 0.5) is 0 Å². The maximum absolute atomic E-state index is 6.72. The molecule has 11 rings (SSSR count). The lowest BCUT2D eigenvalue weighted by Gasteiger charge is -2.23. The van der Waals surface area contributed by atoms with Gasteiger partial charge in [0.2, 0.25) is 0 Å². The van der Waals surface area contributed by atoms with Crippen molar-refractivity contribution in [2.24, 2.45) is 9.98 Å². The largest absolute Gasteiger partial charge is 0.456 e. The molecular formula is C45H27N3O3. The molecule has 240 valence electrons. The van der Waals surface area contributed by atoms with Crippen LogP contribution in [-0.2, 0) is 0 Å². The molecule has 0 fully saturated rings. The Bertz CT molecular complexity index is 3070. The third-order valence-corrected chi connectivity index (χ3v) is 9.96. The van der Waals surface area contributed by atoms with E-state index >= 15 is 0 Å². The first-order chi connectivity index (χ1) is 25.2. The minimum absolute atomic E-state index is 0.383. The van der Waals surface area contributed by atoms with Gasteiger partial charge in [-0.25, -0.2) is 9.98 Å². The predicted molar refractivity (Wildman–Crippen MR) is 206 cm³/mol. The van der Waals surface area contributed by atoms with Crippen LogP contribution in [-0.4, -0.2) is 11.7 Å². The van der Waals surface area contributed by atoms with Gasteiger partial charge in [-0.15, -0.1) is 0 Å². The second-order valence-corrected chi connectivity index (χ2v) is 13.0. The molecule has 0 saturated carbocycles. The van der Waals surface area contributed by atoms with Gasteiger partial charge in [0.05, 0.1) is 5.56 Å². The summed E-state index contributed by atoms with van der Waals surface area (Å²) in [5.74, 6) is 1.36. The van der Waals surface area contributed by atoms with Gasteiger partial charge in [-0.1, -0.05) is 97.1 Å². The number of nitrogens with one attached hydrogen (secondary N) is 1. The molecule has 1 aliphatic heterocycles. The first-order valence-electron chi connectivity index (χ1n) is 17.0. The summed E-state index contributed by atoms with van der Waals surface area (Å²) >= 11 is 0. The Balaban J connectivity index is 1.05. The maximum atomic E-state index is 6.72. The Hall–Kier alpha value is -6.92. The van der Waals surface area contributed by atoms with E-state index in [2.05, 4.69) is 84.2 Å². The van der Waals surface area contributed by atoms with Gasteiger partial charge in [0.25, 0.3) is 0 Å². The van der Waals surface area contributed by atoms with Gasteiger partial charge in [0, 0.05) is 37.9 Å². The third-order valence-electron chi connectivity index (χ3n) is 9.96. The Labute approximate surface area is 291 Å². The van der Waals surface area contributed by atoms with Crippen molar-refractivity contribution in [2.45, 2.75) is 6.17 Å². The number of furan rings is 3. The molecule has 1 aliphatic rings. The normalized spacial score (nSPS) is 14.9. The van der Waals surface area contributed by atoms with Gasteiger partial charge in [-0.3, -0.25) is 0 Å². The lowest BCUT2D eigenvalue weighted by atomic mass is 10.0. The minimum atomic E-state index is -0.383. The van der Waals surface area contributed by atoms with Gasteiger partial charge in [-0.05, 0) is 71.3 Å². The van der Waals surface area contributed by atoms with Gasteiger partial charge < -0.3 is 18.6 Å². The standard InChI is InChI=1S/C45H27N3O3/c1-2-9-26(10-3-1)43-46-44(29-19-22-40-36(24-29)31-12-5-7-16-38(31)50-40)48-45(47-43)34-14-8-13-33-32-20-17-28(25-41(32)51-42(33)34)27-18-21-39-35(23-27)30-11-4-6-15-37(30)49-39/h1-25,44H,(H,46,47,48). The number of benzene rings is 7. The monoisotopic (exact) mass is 657 g/mol. The number of aliphatic imine (C=N–C) groups is 2. The van der Waals surface area contributed by atoms with Crippen molar-refractivity contribution < 1.29 is 13.3 Å². The van der Waals surface area contributed by atoms with Crippen molar-refractivity contribution >= 4 is 77.5 Å². The van der Waals surface area contributed by atoms with Gasteiger partial charge in [0.15, 0.2) is 5.84 Å². The van der Waals surface area contributed by atoms with Crippen LogP contribution in [0.5, 0.6) is 0 Å². The first-order valence-corrected chi connectivity index (χ1v) is 17.0. The van der Waals surface area contributed by atoms with Crippen LogP contribution in [0.15, 0.2) is 175 Å². The highest BCUT2D eigenvalue weighted by atomic mass is 16.3. The molecule has 1 N–H and O–H groups in total. The van der Waals surface area contributed by atoms with Crippen LogP contribution >= 0.6 is 0 Å². The smallest absolute Gasteiger partial charge is 0.163 e. The number of nitrogens with zero attached hydrogens (tertiary/aromatic N) is 2. The quantitative estimate of drug-likeness (QED) is 0.204. The highest BCUT2D eigenvalue weighted by molar-refractivity contribution is 6.20. The van der Waals surface area contributed by atoms with E-state index in [-0.39, 0.29) is 6.17 Å².